The summed E-state index contributed by atoms with van der Waals surface area (Å²) < 4.78 is 5.51. The molecule has 120 valence electrons. The Hall–Kier alpha value is -1.39. The number of nitrogens with two attached hydrogens (primary N) is 1. The van der Waals surface area contributed by atoms with E-state index >= 15 is 0 Å². The van der Waals surface area contributed by atoms with Gasteiger partial charge in [-0.25, -0.2) is 0 Å². The van der Waals surface area contributed by atoms with Crippen LogP contribution in [0.25, 0.3) is 0 Å². The molecule has 0 aromatic heterocycles. The number of amides is 1. The molecule has 1 aromatic carbocycles. The fourth-order valence-corrected chi connectivity index (χ4v) is 3.81. The maximum atomic E-state index is 13.0. The first-order chi connectivity index (χ1) is 10.6. The molecule has 0 unspecified atom stereocenters. The van der Waals surface area contributed by atoms with E-state index in [-0.39, 0.29) is 5.91 Å². The molecular weight excluding hydrogens is 276 g/mol. The number of nitrogens with one attached hydrogen (secondary N) is 1. The molecule has 0 radical (unpaired) electrons. The summed E-state index contributed by atoms with van der Waals surface area (Å²) in [6, 6.07) is 8.57. The number of hydrogen-bond acceptors (Lipinski definition) is 3. The van der Waals surface area contributed by atoms with Gasteiger partial charge in [0.2, 0.25) is 5.91 Å². The van der Waals surface area contributed by atoms with E-state index in [1.54, 1.807) is 0 Å². The smallest absolute Gasteiger partial charge is 0.230 e. The van der Waals surface area contributed by atoms with Gasteiger partial charge in [-0.05, 0) is 49.7 Å². The number of ether oxygens (including phenoxy) is 1. The molecule has 0 spiro atoms. The summed E-state index contributed by atoms with van der Waals surface area (Å²) in [6.45, 7) is 4.14. The number of rotatable bonds is 4. The van der Waals surface area contributed by atoms with Crippen molar-refractivity contribution in [2.45, 2.75) is 44.1 Å². The second-order valence-corrected chi connectivity index (χ2v) is 6.82. The molecule has 1 heterocycles. The lowest BCUT2D eigenvalue weighted by atomic mass is 9.71. The number of benzene rings is 1. The normalized spacial score (nSPS) is 27.0. The molecule has 1 aliphatic carbocycles. The topological polar surface area (TPSA) is 64.4 Å². The molecule has 1 saturated carbocycles. The van der Waals surface area contributed by atoms with E-state index in [1.165, 1.54) is 5.56 Å². The molecule has 1 amide bonds. The number of carbonyl (C=O) groups is 1. The van der Waals surface area contributed by atoms with Gasteiger partial charge in [0.25, 0.3) is 0 Å². The molecular formula is C18H26N2O2. The first-order valence-electron chi connectivity index (χ1n) is 8.29. The SMILES string of the molecule is Cc1ccccc1C1(C(=O)NCC2CC(N)C2)CCOCC1. The zero-order valence-corrected chi connectivity index (χ0v) is 13.3. The van der Waals surface area contributed by atoms with Gasteiger partial charge in [0.05, 0.1) is 5.41 Å². The van der Waals surface area contributed by atoms with Crippen molar-refractivity contribution in [3.8, 4) is 0 Å². The maximum Gasteiger partial charge on any atom is 0.230 e. The van der Waals surface area contributed by atoms with Gasteiger partial charge in [0.1, 0.15) is 0 Å². The van der Waals surface area contributed by atoms with Crippen LogP contribution in [-0.4, -0.2) is 31.7 Å². The molecule has 4 nitrogen and oxygen atoms in total. The van der Waals surface area contributed by atoms with Crippen LogP contribution in [0.5, 0.6) is 0 Å². The minimum atomic E-state index is -0.435. The molecule has 2 fully saturated rings. The van der Waals surface area contributed by atoms with Gasteiger partial charge in [0.15, 0.2) is 0 Å². The summed E-state index contributed by atoms with van der Waals surface area (Å²) in [5.74, 6) is 0.707. The van der Waals surface area contributed by atoms with Crippen molar-refractivity contribution in [1.82, 2.24) is 5.32 Å². The van der Waals surface area contributed by atoms with Crippen LogP contribution in [0.4, 0.5) is 0 Å². The molecule has 0 atom stereocenters. The summed E-state index contributed by atoms with van der Waals surface area (Å²) in [6.07, 6.45) is 3.57. The number of hydrogen-bond donors (Lipinski definition) is 2. The summed E-state index contributed by atoms with van der Waals surface area (Å²) in [5, 5.41) is 3.19. The Labute approximate surface area is 132 Å². The van der Waals surface area contributed by atoms with Crippen molar-refractivity contribution in [2.24, 2.45) is 11.7 Å². The van der Waals surface area contributed by atoms with Gasteiger partial charge in [0, 0.05) is 25.8 Å². The van der Waals surface area contributed by atoms with Crippen LogP contribution in [0.3, 0.4) is 0 Å². The van der Waals surface area contributed by atoms with Gasteiger partial charge in [-0.2, -0.15) is 0 Å². The lowest BCUT2D eigenvalue weighted by Crippen LogP contribution is -2.51. The summed E-state index contributed by atoms with van der Waals surface area (Å²) >= 11 is 0. The molecule has 1 aromatic rings. The monoisotopic (exact) mass is 302 g/mol. The van der Waals surface area contributed by atoms with Crippen molar-refractivity contribution in [1.29, 1.82) is 0 Å². The van der Waals surface area contributed by atoms with Gasteiger partial charge < -0.3 is 15.8 Å². The van der Waals surface area contributed by atoms with E-state index in [9.17, 15) is 4.79 Å². The van der Waals surface area contributed by atoms with E-state index in [2.05, 4.69) is 24.4 Å². The Kier molecular flexibility index (Phi) is 4.50. The Morgan fingerprint density at radius 2 is 2.00 bits per heavy atom. The molecule has 0 bridgehead atoms. The quantitative estimate of drug-likeness (QED) is 0.893. The molecule has 2 aliphatic rings. The van der Waals surface area contributed by atoms with Crippen molar-refractivity contribution < 1.29 is 9.53 Å². The maximum absolute atomic E-state index is 13.0. The van der Waals surface area contributed by atoms with E-state index in [4.69, 9.17) is 10.5 Å². The van der Waals surface area contributed by atoms with Crippen LogP contribution in [-0.2, 0) is 14.9 Å². The standard InChI is InChI=1S/C18H26N2O2/c1-13-4-2-3-5-16(13)18(6-8-22-9-7-18)17(21)20-12-14-10-15(19)11-14/h2-5,14-15H,6-12,19H2,1H3,(H,20,21). The largest absolute Gasteiger partial charge is 0.381 e. The summed E-state index contributed by atoms with van der Waals surface area (Å²) in [5.41, 5.74) is 7.73. The average molecular weight is 302 g/mol. The molecule has 3 N–H and O–H groups in total. The highest BCUT2D eigenvalue weighted by Gasteiger charge is 2.42. The second-order valence-electron chi connectivity index (χ2n) is 6.82. The molecule has 1 aliphatic heterocycles. The minimum Gasteiger partial charge on any atom is -0.381 e. The van der Waals surface area contributed by atoms with Crippen LogP contribution in [0.15, 0.2) is 24.3 Å². The predicted octanol–water partition coefficient (Wildman–Crippen LogP) is 1.90. The van der Waals surface area contributed by atoms with E-state index in [0.29, 0.717) is 25.2 Å². The third-order valence-corrected chi connectivity index (χ3v) is 5.27. The lowest BCUT2D eigenvalue weighted by molar-refractivity contribution is -0.130. The van der Waals surface area contributed by atoms with Gasteiger partial charge in [-0.15, -0.1) is 0 Å². The van der Waals surface area contributed by atoms with E-state index in [0.717, 1.165) is 37.8 Å². The van der Waals surface area contributed by atoms with Crippen LogP contribution < -0.4 is 11.1 Å². The van der Waals surface area contributed by atoms with Crippen LogP contribution in [0.2, 0.25) is 0 Å². The number of aryl methyl sites for hydroxylation is 1. The molecule has 1 saturated heterocycles. The Bertz CT molecular complexity index is 532. The van der Waals surface area contributed by atoms with Crippen molar-refractivity contribution >= 4 is 5.91 Å². The van der Waals surface area contributed by atoms with Crippen LogP contribution in [0.1, 0.15) is 36.8 Å². The van der Waals surface area contributed by atoms with Crippen LogP contribution in [0, 0.1) is 12.8 Å². The molecule has 22 heavy (non-hydrogen) atoms. The fourth-order valence-electron chi connectivity index (χ4n) is 3.81. The first-order valence-corrected chi connectivity index (χ1v) is 8.29. The highest BCUT2D eigenvalue weighted by atomic mass is 16.5. The first kappa shape index (κ1) is 15.5. The Morgan fingerprint density at radius 1 is 1.32 bits per heavy atom. The number of carbonyl (C=O) groups excluding carboxylic acids is 1. The zero-order valence-electron chi connectivity index (χ0n) is 13.3. The zero-order chi connectivity index (χ0) is 15.6. The summed E-state index contributed by atoms with van der Waals surface area (Å²) in [4.78, 5) is 13.0. The predicted molar refractivity (Wildman–Crippen MR) is 86.6 cm³/mol. The van der Waals surface area contributed by atoms with E-state index in [1.807, 2.05) is 12.1 Å². The minimum absolute atomic E-state index is 0.158. The molecule has 3 rings (SSSR count). The third-order valence-electron chi connectivity index (χ3n) is 5.27. The lowest BCUT2D eigenvalue weighted by Gasteiger charge is -2.39. The van der Waals surface area contributed by atoms with Crippen molar-refractivity contribution in [2.75, 3.05) is 19.8 Å². The Balaban J connectivity index is 1.77. The highest BCUT2D eigenvalue weighted by Crippen LogP contribution is 2.37. The second kappa shape index (κ2) is 6.39. The third kappa shape index (κ3) is 2.90. The van der Waals surface area contributed by atoms with Gasteiger partial charge in [-0.1, -0.05) is 24.3 Å². The fraction of sp³-hybridized carbons (Fsp3) is 0.611. The van der Waals surface area contributed by atoms with Gasteiger partial charge in [-0.3, -0.25) is 4.79 Å². The average Bonchev–Trinajstić information content (AvgIpc) is 2.51. The van der Waals surface area contributed by atoms with Crippen molar-refractivity contribution in [3.05, 3.63) is 35.4 Å². The Morgan fingerprint density at radius 3 is 2.64 bits per heavy atom. The molecule has 4 heteroatoms. The van der Waals surface area contributed by atoms with E-state index < -0.39 is 5.41 Å². The summed E-state index contributed by atoms with van der Waals surface area (Å²) in [7, 11) is 0. The van der Waals surface area contributed by atoms with Crippen molar-refractivity contribution in [3.63, 3.8) is 0 Å². The van der Waals surface area contributed by atoms with Crippen LogP contribution >= 0.6 is 0 Å². The highest BCUT2D eigenvalue weighted by molar-refractivity contribution is 5.88. The van der Waals surface area contributed by atoms with Gasteiger partial charge >= 0.3 is 0 Å².